The number of carbonyl (C=O) groups is 1. The van der Waals surface area contributed by atoms with Crippen molar-refractivity contribution in [3.63, 3.8) is 0 Å². The van der Waals surface area contributed by atoms with Crippen molar-refractivity contribution in [1.82, 2.24) is 10.6 Å². The normalized spacial score (nSPS) is 40.0. The summed E-state index contributed by atoms with van der Waals surface area (Å²) in [6.07, 6.45) is 1.54. The zero-order valence-electron chi connectivity index (χ0n) is 8.46. The van der Waals surface area contributed by atoms with Crippen molar-refractivity contribution in [2.45, 2.75) is 31.4 Å². The molecule has 2 rings (SSSR count). The molecule has 2 N–H and O–H groups in total. The van der Waals surface area contributed by atoms with E-state index in [1.165, 1.54) is 0 Å². The second kappa shape index (κ2) is 3.24. The van der Waals surface area contributed by atoms with E-state index in [0.29, 0.717) is 25.4 Å². The summed E-state index contributed by atoms with van der Waals surface area (Å²) in [5.74, 6) is 0.595. The second-order valence-electron chi connectivity index (χ2n) is 3.87. The van der Waals surface area contributed by atoms with Crippen LogP contribution in [0, 0.1) is 0 Å². The highest BCUT2D eigenvalue weighted by molar-refractivity contribution is 6.09. The predicted molar refractivity (Wildman–Crippen MR) is 52.0 cm³/mol. The standard InChI is InChI=1S/C9H15N3O2/c1-6-5-9(3-4-14-6)7(13)11-8(10-2)12-9/h6H,3-5H2,1-2H3,(H2,10,11,12,13). The van der Waals surface area contributed by atoms with Crippen LogP contribution in [-0.2, 0) is 9.53 Å². The number of nitrogens with zero attached hydrogens (tertiary/aromatic N) is 1. The molecule has 2 saturated heterocycles. The van der Waals surface area contributed by atoms with Gasteiger partial charge in [0.25, 0.3) is 5.91 Å². The molecule has 2 heterocycles. The summed E-state index contributed by atoms with van der Waals surface area (Å²) in [5, 5.41) is 5.87. The van der Waals surface area contributed by atoms with Gasteiger partial charge in [0, 0.05) is 26.5 Å². The number of hydrogen-bond acceptors (Lipinski definition) is 3. The third kappa shape index (κ3) is 1.37. The van der Waals surface area contributed by atoms with E-state index in [0.717, 1.165) is 0 Å². The van der Waals surface area contributed by atoms with E-state index in [-0.39, 0.29) is 12.0 Å². The maximum absolute atomic E-state index is 11.8. The van der Waals surface area contributed by atoms with Crippen molar-refractivity contribution in [2.24, 2.45) is 4.99 Å². The number of rotatable bonds is 0. The van der Waals surface area contributed by atoms with Crippen molar-refractivity contribution >= 4 is 11.9 Å². The van der Waals surface area contributed by atoms with Gasteiger partial charge in [-0.25, -0.2) is 0 Å². The Morgan fingerprint density at radius 1 is 1.64 bits per heavy atom. The fourth-order valence-corrected chi connectivity index (χ4v) is 2.06. The molecule has 2 atom stereocenters. The van der Waals surface area contributed by atoms with Crippen molar-refractivity contribution in [3.8, 4) is 0 Å². The van der Waals surface area contributed by atoms with Gasteiger partial charge in [-0.1, -0.05) is 0 Å². The van der Waals surface area contributed by atoms with Crippen LogP contribution in [0.15, 0.2) is 4.99 Å². The van der Waals surface area contributed by atoms with Crippen LogP contribution < -0.4 is 10.6 Å². The molecule has 0 radical (unpaired) electrons. The minimum Gasteiger partial charge on any atom is -0.378 e. The van der Waals surface area contributed by atoms with Crippen LogP contribution in [0.5, 0.6) is 0 Å². The number of hydrogen-bond donors (Lipinski definition) is 2. The Morgan fingerprint density at radius 2 is 2.43 bits per heavy atom. The van der Waals surface area contributed by atoms with Crippen molar-refractivity contribution < 1.29 is 9.53 Å². The van der Waals surface area contributed by atoms with Crippen LogP contribution in [0.2, 0.25) is 0 Å². The third-order valence-electron chi connectivity index (χ3n) is 2.81. The summed E-state index contributed by atoms with van der Waals surface area (Å²) >= 11 is 0. The number of aliphatic imine (C=N–C) groups is 1. The van der Waals surface area contributed by atoms with E-state index < -0.39 is 5.54 Å². The smallest absolute Gasteiger partial charge is 0.252 e. The summed E-state index contributed by atoms with van der Waals surface area (Å²) in [6.45, 7) is 2.61. The molecule has 0 aliphatic carbocycles. The highest BCUT2D eigenvalue weighted by atomic mass is 16.5. The molecule has 0 aromatic carbocycles. The fourth-order valence-electron chi connectivity index (χ4n) is 2.06. The average Bonchev–Trinajstić information content (AvgIpc) is 2.44. The summed E-state index contributed by atoms with van der Waals surface area (Å²) in [5.41, 5.74) is -0.480. The van der Waals surface area contributed by atoms with E-state index >= 15 is 0 Å². The number of nitrogens with one attached hydrogen (secondary N) is 2. The summed E-state index contributed by atoms with van der Waals surface area (Å²) in [6, 6.07) is 0. The van der Waals surface area contributed by atoms with E-state index in [9.17, 15) is 4.79 Å². The molecule has 0 saturated carbocycles. The molecule has 2 fully saturated rings. The molecule has 14 heavy (non-hydrogen) atoms. The first-order chi connectivity index (χ1) is 6.66. The molecular weight excluding hydrogens is 182 g/mol. The number of amides is 1. The zero-order chi connectivity index (χ0) is 10.2. The van der Waals surface area contributed by atoms with Gasteiger partial charge in [0.2, 0.25) is 0 Å². The van der Waals surface area contributed by atoms with E-state index in [2.05, 4.69) is 15.6 Å². The molecular formula is C9H15N3O2. The topological polar surface area (TPSA) is 62.7 Å². The van der Waals surface area contributed by atoms with Gasteiger partial charge in [-0.3, -0.25) is 15.1 Å². The van der Waals surface area contributed by atoms with Crippen LogP contribution in [0.4, 0.5) is 0 Å². The van der Waals surface area contributed by atoms with Gasteiger partial charge < -0.3 is 10.1 Å². The Labute approximate surface area is 82.9 Å². The zero-order valence-corrected chi connectivity index (χ0v) is 8.46. The van der Waals surface area contributed by atoms with Gasteiger partial charge in [0.05, 0.1) is 6.10 Å². The lowest BCUT2D eigenvalue weighted by Crippen LogP contribution is -2.52. The van der Waals surface area contributed by atoms with Gasteiger partial charge >= 0.3 is 0 Å². The third-order valence-corrected chi connectivity index (χ3v) is 2.81. The molecule has 78 valence electrons. The van der Waals surface area contributed by atoms with Crippen molar-refractivity contribution in [1.29, 1.82) is 0 Å². The SMILES string of the molecule is CN=C1NC(=O)C2(CCOC(C)C2)N1. The fraction of sp³-hybridized carbons (Fsp3) is 0.778. The lowest BCUT2D eigenvalue weighted by Gasteiger charge is -2.34. The first-order valence-electron chi connectivity index (χ1n) is 4.84. The van der Waals surface area contributed by atoms with Crippen LogP contribution in [0.25, 0.3) is 0 Å². The molecule has 5 heteroatoms. The molecule has 0 aromatic rings. The van der Waals surface area contributed by atoms with Gasteiger partial charge in [0.15, 0.2) is 5.96 Å². The van der Waals surface area contributed by atoms with Crippen LogP contribution in [0.1, 0.15) is 19.8 Å². The summed E-state index contributed by atoms with van der Waals surface area (Å²) < 4.78 is 5.42. The van der Waals surface area contributed by atoms with E-state index in [1.54, 1.807) is 7.05 Å². The molecule has 2 aliphatic rings. The minimum absolute atomic E-state index is 0.0215. The largest absolute Gasteiger partial charge is 0.378 e. The summed E-state index contributed by atoms with van der Waals surface area (Å²) in [7, 11) is 1.66. The highest BCUT2D eigenvalue weighted by Gasteiger charge is 2.47. The number of guanidine groups is 1. The van der Waals surface area contributed by atoms with Crippen LogP contribution in [0.3, 0.4) is 0 Å². The highest BCUT2D eigenvalue weighted by Crippen LogP contribution is 2.27. The molecule has 5 nitrogen and oxygen atoms in total. The van der Waals surface area contributed by atoms with Crippen LogP contribution in [-0.4, -0.2) is 37.2 Å². The quantitative estimate of drug-likeness (QED) is 0.557. The second-order valence-corrected chi connectivity index (χ2v) is 3.87. The maximum atomic E-state index is 11.8. The monoisotopic (exact) mass is 197 g/mol. The molecule has 2 unspecified atom stereocenters. The predicted octanol–water partition coefficient (Wildman–Crippen LogP) is -0.371. The molecule has 1 amide bonds. The van der Waals surface area contributed by atoms with E-state index in [1.807, 2.05) is 6.92 Å². The average molecular weight is 197 g/mol. The van der Waals surface area contributed by atoms with Gasteiger partial charge in [-0.15, -0.1) is 0 Å². The summed E-state index contributed by atoms with van der Waals surface area (Å²) in [4.78, 5) is 15.7. The Morgan fingerprint density at radius 3 is 3.00 bits per heavy atom. The van der Waals surface area contributed by atoms with Crippen molar-refractivity contribution in [2.75, 3.05) is 13.7 Å². The number of ether oxygens (including phenoxy) is 1. The maximum Gasteiger partial charge on any atom is 0.252 e. The molecule has 1 spiro atoms. The van der Waals surface area contributed by atoms with E-state index in [4.69, 9.17) is 4.74 Å². The molecule has 0 aromatic heterocycles. The lowest BCUT2D eigenvalue weighted by molar-refractivity contribution is -0.129. The van der Waals surface area contributed by atoms with Crippen LogP contribution >= 0.6 is 0 Å². The first-order valence-corrected chi connectivity index (χ1v) is 4.84. The first kappa shape index (κ1) is 9.45. The van der Waals surface area contributed by atoms with Crippen molar-refractivity contribution in [3.05, 3.63) is 0 Å². The molecule has 0 bridgehead atoms. The Bertz CT molecular complexity index is 290. The lowest BCUT2D eigenvalue weighted by atomic mass is 9.87. The Kier molecular flexibility index (Phi) is 2.19. The number of carbonyl (C=O) groups excluding carboxylic acids is 1. The van der Waals surface area contributed by atoms with Gasteiger partial charge in [0.1, 0.15) is 5.54 Å². The Balaban J connectivity index is 2.19. The van der Waals surface area contributed by atoms with Gasteiger partial charge in [-0.05, 0) is 6.92 Å². The van der Waals surface area contributed by atoms with Gasteiger partial charge in [-0.2, -0.15) is 0 Å². The molecule has 2 aliphatic heterocycles. The minimum atomic E-state index is -0.480. The Hall–Kier alpha value is -1.10.